The highest BCUT2D eigenvalue weighted by molar-refractivity contribution is 5.89. The molecule has 0 aliphatic carbocycles. The molecule has 0 fully saturated rings. The molecular formula is C11H14FN3O3. The summed E-state index contributed by atoms with van der Waals surface area (Å²) in [7, 11) is 0. The van der Waals surface area contributed by atoms with Crippen LogP contribution in [0.1, 0.15) is 13.8 Å². The molecule has 0 saturated heterocycles. The van der Waals surface area contributed by atoms with Gasteiger partial charge in [-0.05, 0) is 13.8 Å². The summed E-state index contributed by atoms with van der Waals surface area (Å²) in [5, 5.41) is 13.6. The van der Waals surface area contributed by atoms with Gasteiger partial charge in [-0.1, -0.05) is 0 Å². The number of anilines is 1. The standard InChI is InChI=1S/C11H14FN3O3/c1-6(10(16)17)7(2)14-11(18)15-9-3-8(12)4-13-5-9/h3-7H,1-2H3,(H,16,17)(H2,14,15,18). The molecule has 0 aliphatic rings. The molecule has 0 spiro atoms. The maximum atomic E-state index is 12.8. The molecule has 2 unspecified atom stereocenters. The number of hydrogen-bond donors (Lipinski definition) is 3. The highest BCUT2D eigenvalue weighted by atomic mass is 19.1. The predicted octanol–water partition coefficient (Wildman–Crippen LogP) is 1.45. The van der Waals surface area contributed by atoms with Crippen molar-refractivity contribution >= 4 is 17.7 Å². The Morgan fingerprint density at radius 1 is 1.39 bits per heavy atom. The Hall–Kier alpha value is -2.18. The van der Waals surface area contributed by atoms with E-state index in [0.29, 0.717) is 0 Å². The number of carboxylic acid groups (broad SMARTS) is 1. The molecule has 0 radical (unpaired) electrons. The van der Waals surface area contributed by atoms with Crippen molar-refractivity contribution in [3.05, 3.63) is 24.3 Å². The summed E-state index contributed by atoms with van der Waals surface area (Å²) in [6.45, 7) is 3.05. The van der Waals surface area contributed by atoms with Gasteiger partial charge in [0, 0.05) is 12.1 Å². The van der Waals surface area contributed by atoms with Crippen LogP contribution in [0.2, 0.25) is 0 Å². The van der Waals surface area contributed by atoms with Gasteiger partial charge in [0.05, 0.1) is 24.0 Å². The van der Waals surface area contributed by atoms with Crippen molar-refractivity contribution in [2.75, 3.05) is 5.32 Å². The average Bonchev–Trinajstić information content (AvgIpc) is 2.27. The van der Waals surface area contributed by atoms with Crippen LogP contribution in [0.4, 0.5) is 14.9 Å². The zero-order chi connectivity index (χ0) is 13.7. The van der Waals surface area contributed by atoms with Crippen LogP contribution in [-0.2, 0) is 4.79 Å². The molecule has 2 amide bonds. The minimum absolute atomic E-state index is 0.197. The van der Waals surface area contributed by atoms with Crippen LogP contribution >= 0.6 is 0 Å². The summed E-state index contributed by atoms with van der Waals surface area (Å²) in [6.07, 6.45) is 2.30. The van der Waals surface area contributed by atoms with E-state index < -0.39 is 29.8 Å². The van der Waals surface area contributed by atoms with Gasteiger partial charge >= 0.3 is 12.0 Å². The summed E-state index contributed by atoms with van der Waals surface area (Å²) in [5.41, 5.74) is 0.197. The molecule has 0 bridgehead atoms. The number of urea groups is 1. The maximum absolute atomic E-state index is 12.8. The third-order valence-corrected chi connectivity index (χ3v) is 2.46. The van der Waals surface area contributed by atoms with E-state index in [1.807, 2.05) is 0 Å². The number of nitrogens with one attached hydrogen (secondary N) is 2. The lowest BCUT2D eigenvalue weighted by Crippen LogP contribution is -2.42. The number of carbonyl (C=O) groups excluding carboxylic acids is 1. The van der Waals surface area contributed by atoms with Crippen molar-refractivity contribution in [1.29, 1.82) is 0 Å². The second-order valence-corrected chi connectivity index (χ2v) is 3.91. The first kappa shape index (κ1) is 13.9. The fourth-order valence-corrected chi connectivity index (χ4v) is 1.19. The van der Waals surface area contributed by atoms with Crippen molar-refractivity contribution in [2.24, 2.45) is 5.92 Å². The molecule has 7 heteroatoms. The molecule has 0 aliphatic heterocycles. The van der Waals surface area contributed by atoms with Crippen LogP contribution in [0.3, 0.4) is 0 Å². The Morgan fingerprint density at radius 3 is 2.61 bits per heavy atom. The molecule has 1 heterocycles. The van der Waals surface area contributed by atoms with E-state index in [4.69, 9.17) is 5.11 Å². The molecule has 2 atom stereocenters. The van der Waals surface area contributed by atoms with E-state index in [9.17, 15) is 14.0 Å². The summed E-state index contributed by atoms with van der Waals surface area (Å²) < 4.78 is 12.8. The van der Waals surface area contributed by atoms with Crippen molar-refractivity contribution < 1.29 is 19.1 Å². The molecule has 0 saturated carbocycles. The summed E-state index contributed by atoms with van der Waals surface area (Å²) >= 11 is 0. The van der Waals surface area contributed by atoms with E-state index in [0.717, 1.165) is 12.3 Å². The van der Waals surface area contributed by atoms with Crippen LogP contribution in [0, 0.1) is 11.7 Å². The number of halogens is 1. The fourth-order valence-electron chi connectivity index (χ4n) is 1.19. The van der Waals surface area contributed by atoms with Gasteiger partial charge in [-0.3, -0.25) is 9.78 Å². The third kappa shape index (κ3) is 4.00. The number of amides is 2. The first-order chi connectivity index (χ1) is 8.40. The summed E-state index contributed by atoms with van der Waals surface area (Å²) in [6, 6.07) is -0.0512. The molecule has 18 heavy (non-hydrogen) atoms. The molecule has 98 valence electrons. The van der Waals surface area contributed by atoms with Crippen molar-refractivity contribution in [3.8, 4) is 0 Å². The fraction of sp³-hybridized carbons (Fsp3) is 0.364. The Kier molecular flexibility index (Phi) is 4.59. The summed E-state index contributed by atoms with van der Waals surface area (Å²) in [4.78, 5) is 25.8. The zero-order valence-electron chi connectivity index (χ0n) is 9.98. The number of pyridine rings is 1. The SMILES string of the molecule is CC(NC(=O)Nc1cncc(F)c1)C(C)C(=O)O. The lowest BCUT2D eigenvalue weighted by Gasteiger charge is -2.18. The van der Waals surface area contributed by atoms with Crippen LogP contribution in [0.15, 0.2) is 18.5 Å². The summed E-state index contributed by atoms with van der Waals surface area (Å²) in [5.74, 6) is -2.30. The van der Waals surface area contributed by atoms with Gasteiger partial charge < -0.3 is 15.7 Å². The quantitative estimate of drug-likeness (QED) is 0.759. The normalized spacial score (nSPS) is 13.5. The second-order valence-electron chi connectivity index (χ2n) is 3.91. The first-order valence-corrected chi connectivity index (χ1v) is 5.31. The lowest BCUT2D eigenvalue weighted by atomic mass is 10.0. The highest BCUT2D eigenvalue weighted by Gasteiger charge is 2.20. The predicted molar refractivity (Wildman–Crippen MR) is 62.6 cm³/mol. The number of nitrogens with zero attached hydrogens (tertiary/aromatic N) is 1. The minimum atomic E-state index is -1.00. The maximum Gasteiger partial charge on any atom is 0.319 e. The second kappa shape index (κ2) is 5.95. The highest BCUT2D eigenvalue weighted by Crippen LogP contribution is 2.07. The average molecular weight is 255 g/mol. The van der Waals surface area contributed by atoms with Crippen LogP contribution in [-0.4, -0.2) is 28.1 Å². The number of carboxylic acids is 1. The molecule has 1 aromatic rings. The van der Waals surface area contributed by atoms with Gasteiger partial charge in [0.25, 0.3) is 0 Å². The molecule has 0 aromatic carbocycles. The third-order valence-electron chi connectivity index (χ3n) is 2.46. The van der Waals surface area contributed by atoms with Gasteiger partial charge in [0.15, 0.2) is 0 Å². The van der Waals surface area contributed by atoms with E-state index in [1.165, 1.54) is 13.1 Å². The molecule has 1 aromatic heterocycles. The number of rotatable bonds is 4. The van der Waals surface area contributed by atoms with Gasteiger partial charge in [0.2, 0.25) is 0 Å². The largest absolute Gasteiger partial charge is 0.481 e. The van der Waals surface area contributed by atoms with Gasteiger partial charge in [0.1, 0.15) is 5.82 Å². The van der Waals surface area contributed by atoms with Crippen LogP contribution in [0.25, 0.3) is 0 Å². The Morgan fingerprint density at radius 2 is 2.06 bits per heavy atom. The Bertz CT molecular complexity index is 453. The molecule has 1 rings (SSSR count). The topological polar surface area (TPSA) is 91.3 Å². The van der Waals surface area contributed by atoms with Gasteiger partial charge in [-0.25, -0.2) is 9.18 Å². The number of aromatic nitrogens is 1. The lowest BCUT2D eigenvalue weighted by molar-refractivity contribution is -0.141. The Balaban J connectivity index is 2.54. The van der Waals surface area contributed by atoms with Crippen LogP contribution < -0.4 is 10.6 Å². The zero-order valence-corrected chi connectivity index (χ0v) is 9.98. The number of carbonyl (C=O) groups is 2. The minimum Gasteiger partial charge on any atom is -0.481 e. The monoisotopic (exact) mass is 255 g/mol. The van der Waals surface area contributed by atoms with Gasteiger partial charge in [-0.15, -0.1) is 0 Å². The molecular weight excluding hydrogens is 241 g/mol. The smallest absolute Gasteiger partial charge is 0.319 e. The van der Waals surface area contributed by atoms with Crippen LogP contribution in [0.5, 0.6) is 0 Å². The van der Waals surface area contributed by atoms with E-state index in [1.54, 1.807) is 6.92 Å². The van der Waals surface area contributed by atoms with Crippen molar-refractivity contribution in [1.82, 2.24) is 10.3 Å². The van der Waals surface area contributed by atoms with Crippen molar-refractivity contribution in [3.63, 3.8) is 0 Å². The number of aliphatic carboxylic acids is 1. The van der Waals surface area contributed by atoms with E-state index in [2.05, 4.69) is 15.6 Å². The number of hydrogen-bond acceptors (Lipinski definition) is 3. The van der Waals surface area contributed by atoms with E-state index in [-0.39, 0.29) is 5.69 Å². The van der Waals surface area contributed by atoms with Crippen molar-refractivity contribution in [2.45, 2.75) is 19.9 Å². The molecule has 3 N–H and O–H groups in total. The Labute approximate surface area is 103 Å². The van der Waals surface area contributed by atoms with Gasteiger partial charge in [-0.2, -0.15) is 0 Å². The first-order valence-electron chi connectivity index (χ1n) is 5.31. The van der Waals surface area contributed by atoms with E-state index >= 15 is 0 Å². The molecule has 6 nitrogen and oxygen atoms in total.